The molecule has 0 saturated heterocycles. The molecule has 0 heterocycles. The Morgan fingerprint density at radius 3 is 2.50 bits per heavy atom. The monoisotopic (exact) mass is 168 g/mol. The largest absolute Gasteiger partial charge is 0.504 e. The summed E-state index contributed by atoms with van der Waals surface area (Å²) in [7, 11) is 0. The van der Waals surface area contributed by atoms with Crippen LogP contribution in [0.5, 0.6) is 11.5 Å². The average Bonchev–Trinajstić information content (AvgIpc) is 1.96. The van der Waals surface area contributed by atoms with Crippen LogP contribution >= 0.6 is 0 Å². The van der Waals surface area contributed by atoms with Crippen LogP contribution < -0.4 is 11.1 Å². The number of nitrogens with two attached hydrogens (primary N) is 1. The molecule has 1 aromatic rings. The third-order valence-electron chi connectivity index (χ3n) is 1.24. The fraction of sp³-hybridized carbons (Fsp3) is 0. The predicted molar refractivity (Wildman–Crippen MR) is 43.0 cm³/mol. The summed E-state index contributed by atoms with van der Waals surface area (Å²) < 4.78 is 0. The average molecular weight is 168 g/mol. The molecule has 0 unspecified atom stereocenters. The molecule has 1 rings (SSSR count). The number of rotatable bonds is 1. The zero-order chi connectivity index (χ0) is 9.14. The summed E-state index contributed by atoms with van der Waals surface area (Å²) in [6.45, 7) is 0. The van der Waals surface area contributed by atoms with Crippen LogP contribution in [0.15, 0.2) is 18.2 Å². The molecule has 5 heteroatoms. The first kappa shape index (κ1) is 8.19. The Labute approximate surface area is 68.4 Å². The van der Waals surface area contributed by atoms with Crippen LogP contribution in [0.3, 0.4) is 0 Å². The number of benzene rings is 1. The summed E-state index contributed by atoms with van der Waals surface area (Å²) in [6.07, 6.45) is 0. The van der Waals surface area contributed by atoms with Gasteiger partial charge in [0.1, 0.15) is 0 Å². The molecule has 0 fully saturated rings. The number of phenols is 2. The molecule has 12 heavy (non-hydrogen) atoms. The van der Waals surface area contributed by atoms with E-state index in [4.69, 9.17) is 15.9 Å². The summed E-state index contributed by atoms with van der Waals surface area (Å²) in [5, 5.41) is 20.1. The van der Waals surface area contributed by atoms with E-state index in [-0.39, 0.29) is 11.5 Å². The van der Waals surface area contributed by atoms with Crippen LogP contribution in [0.2, 0.25) is 0 Å². The van der Waals surface area contributed by atoms with Crippen molar-refractivity contribution in [2.24, 2.45) is 5.73 Å². The van der Waals surface area contributed by atoms with Gasteiger partial charge in [-0.25, -0.2) is 4.79 Å². The van der Waals surface area contributed by atoms with Crippen LogP contribution in [0.4, 0.5) is 10.5 Å². The molecule has 0 bridgehead atoms. The molecule has 5 N–H and O–H groups in total. The Hall–Kier alpha value is -1.91. The molecule has 0 aromatic heterocycles. The van der Waals surface area contributed by atoms with E-state index in [1.54, 1.807) is 0 Å². The summed E-state index contributed by atoms with van der Waals surface area (Å²) in [5.74, 6) is -0.550. The Balaban J connectivity index is 2.89. The molecular weight excluding hydrogens is 160 g/mol. The molecule has 1 aromatic carbocycles. The summed E-state index contributed by atoms with van der Waals surface area (Å²) >= 11 is 0. The van der Waals surface area contributed by atoms with Crippen LogP contribution in [-0.4, -0.2) is 16.2 Å². The Kier molecular flexibility index (Phi) is 2.05. The number of amides is 2. The minimum absolute atomic E-state index is 0.245. The number of nitrogens with one attached hydrogen (secondary N) is 1. The van der Waals surface area contributed by atoms with Gasteiger partial charge in [0.25, 0.3) is 0 Å². The van der Waals surface area contributed by atoms with Crippen molar-refractivity contribution >= 4 is 11.7 Å². The number of anilines is 1. The van der Waals surface area contributed by atoms with E-state index < -0.39 is 6.03 Å². The topological polar surface area (TPSA) is 95.6 Å². The Bertz CT molecular complexity index is 312. The van der Waals surface area contributed by atoms with Crippen molar-refractivity contribution in [1.29, 1.82) is 0 Å². The van der Waals surface area contributed by atoms with Crippen LogP contribution in [-0.2, 0) is 0 Å². The van der Waals surface area contributed by atoms with E-state index in [1.807, 2.05) is 0 Å². The van der Waals surface area contributed by atoms with E-state index in [1.165, 1.54) is 18.2 Å². The number of phenolic OH excluding ortho intramolecular Hbond substituents is 2. The Morgan fingerprint density at radius 2 is 2.00 bits per heavy atom. The van der Waals surface area contributed by atoms with Gasteiger partial charge in [0.05, 0.1) is 0 Å². The number of carbonyl (C=O) groups excluding carboxylic acids is 1. The molecule has 0 aliphatic rings. The number of hydrogen-bond donors (Lipinski definition) is 4. The maximum absolute atomic E-state index is 10.3. The normalized spacial score (nSPS) is 9.33. The number of hydrogen-bond acceptors (Lipinski definition) is 3. The summed E-state index contributed by atoms with van der Waals surface area (Å²) in [4.78, 5) is 10.3. The van der Waals surface area contributed by atoms with Gasteiger partial charge in [-0.15, -0.1) is 0 Å². The number of urea groups is 1. The molecule has 64 valence electrons. The lowest BCUT2D eigenvalue weighted by atomic mass is 10.3. The molecule has 2 amide bonds. The van der Waals surface area contributed by atoms with Crippen molar-refractivity contribution in [3.63, 3.8) is 0 Å². The molecule has 0 atom stereocenters. The molecule has 0 radical (unpaired) electrons. The first-order valence-corrected chi connectivity index (χ1v) is 3.18. The molecule has 0 aliphatic heterocycles. The zero-order valence-corrected chi connectivity index (χ0v) is 6.11. The minimum atomic E-state index is -0.722. The van der Waals surface area contributed by atoms with E-state index in [9.17, 15) is 4.79 Å². The third kappa shape index (κ3) is 1.79. The first-order chi connectivity index (χ1) is 5.59. The Morgan fingerprint density at radius 1 is 1.33 bits per heavy atom. The lowest BCUT2D eigenvalue weighted by Crippen LogP contribution is -2.19. The molecule has 0 aliphatic carbocycles. The van der Waals surface area contributed by atoms with Gasteiger partial charge in [0, 0.05) is 11.8 Å². The van der Waals surface area contributed by atoms with E-state index >= 15 is 0 Å². The van der Waals surface area contributed by atoms with Gasteiger partial charge >= 0.3 is 6.03 Å². The lowest BCUT2D eigenvalue weighted by Gasteiger charge is -2.02. The highest BCUT2D eigenvalue weighted by Gasteiger charge is 2.00. The maximum atomic E-state index is 10.3. The lowest BCUT2D eigenvalue weighted by molar-refractivity contribution is 0.259. The van der Waals surface area contributed by atoms with E-state index in [0.29, 0.717) is 5.69 Å². The van der Waals surface area contributed by atoms with Crippen molar-refractivity contribution in [2.75, 3.05) is 5.32 Å². The standard InChI is InChI=1S/C7H8N2O3/c8-7(12)9-4-1-2-5(10)6(11)3-4/h1-3,10-11H,(H3,8,9,12). The van der Waals surface area contributed by atoms with Gasteiger partial charge in [0.15, 0.2) is 11.5 Å². The quantitative estimate of drug-likeness (QED) is 0.365. The van der Waals surface area contributed by atoms with Crippen LogP contribution in [0.1, 0.15) is 0 Å². The second-order valence-electron chi connectivity index (χ2n) is 2.19. The predicted octanol–water partition coefficient (Wildman–Crippen LogP) is 0.588. The van der Waals surface area contributed by atoms with Crippen LogP contribution in [0.25, 0.3) is 0 Å². The van der Waals surface area contributed by atoms with Gasteiger partial charge in [-0.2, -0.15) is 0 Å². The van der Waals surface area contributed by atoms with E-state index in [2.05, 4.69) is 5.32 Å². The summed E-state index contributed by atoms with van der Waals surface area (Å²) in [6, 6.07) is 3.14. The zero-order valence-electron chi connectivity index (χ0n) is 6.11. The number of primary amides is 1. The molecule has 0 saturated carbocycles. The molecule has 0 spiro atoms. The SMILES string of the molecule is NC(=O)Nc1ccc(O)c(O)c1. The van der Waals surface area contributed by atoms with Crippen LogP contribution in [0, 0.1) is 0 Å². The summed E-state index contributed by atoms with van der Waals surface area (Å²) in [5.41, 5.74) is 5.15. The van der Waals surface area contributed by atoms with Crippen molar-refractivity contribution in [3.05, 3.63) is 18.2 Å². The second kappa shape index (κ2) is 3.00. The highest BCUT2D eigenvalue weighted by atomic mass is 16.3. The van der Waals surface area contributed by atoms with Crippen molar-refractivity contribution in [3.8, 4) is 11.5 Å². The first-order valence-electron chi connectivity index (χ1n) is 3.18. The van der Waals surface area contributed by atoms with Crippen molar-refractivity contribution in [1.82, 2.24) is 0 Å². The smallest absolute Gasteiger partial charge is 0.316 e. The van der Waals surface area contributed by atoms with E-state index in [0.717, 1.165) is 0 Å². The number of carbonyl (C=O) groups is 1. The fourth-order valence-electron chi connectivity index (χ4n) is 0.743. The molecule has 5 nitrogen and oxygen atoms in total. The van der Waals surface area contributed by atoms with Gasteiger partial charge in [0.2, 0.25) is 0 Å². The van der Waals surface area contributed by atoms with Crippen molar-refractivity contribution < 1.29 is 15.0 Å². The maximum Gasteiger partial charge on any atom is 0.316 e. The van der Waals surface area contributed by atoms with Gasteiger partial charge < -0.3 is 21.3 Å². The number of aromatic hydroxyl groups is 2. The second-order valence-corrected chi connectivity index (χ2v) is 2.19. The highest BCUT2D eigenvalue weighted by molar-refractivity contribution is 5.88. The van der Waals surface area contributed by atoms with Gasteiger partial charge in [-0.3, -0.25) is 0 Å². The fourth-order valence-corrected chi connectivity index (χ4v) is 0.743. The highest BCUT2D eigenvalue weighted by Crippen LogP contribution is 2.26. The van der Waals surface area contributed by atoms with Crippen molar-refractivity contribution in [2.45, 2.75) is 0 Å². The third-order valence-corrected chi connectivity index (χ3v) is 1.24. The van der Waals surface area contributed by atoms with Gasteiger partial charge in [-0.05, 0) is 12.1 Å². The van der Waals surface area contributed by atoms with Gasteiger partial charge in [-0.1, -0.05) is 0 Å². The molecular formula is C7H8N2O3. The minimum Gasteiger partial charge on any atom is -0.504 e.